The van der Waals surface area contributed by atoms with Gasteiger partial charge in [-0.05, 0) is 43.1 Å². The first-order valence-corrected chi connectivity index (χ1v) is 8.37. The van der Waals surface area contributed by atoms with Crippen molar-refractivity contribution in [2.24, 2.45) is 5.73 Å². The molecule has 1 amide bonds. The largest absolute Gasteiger partial charge is 0.465 e. The number of aromatic nitrogens is 1. The van der Waals surface area contributed by atoms with Crippen LogP contribution < -0.4 is 10.6 Å². The molecule has 2 heterocycles. The van der Waals surface area contributed by atoms with Crippen LogP contribution in [-0.2, 0) is 6.42 Å². The Kier molecular flexibility index (Phi) is 4.78. The van der Waals surface area contributed by atoms with Gasteiger partial charge in [0.05, 0.1) is 22.3 Å². The second kappa shape index (κ2) is 6.83. The first-order chi connectivity index (χ1) is 11.5. The number of hydrogen-bond acceptors (Lipinski definition) is 4. The third-order valence-corrected chi connectivity index (χ3v) is 4.95. The van der Waals surface area contributed by atoms with Crippen LogP contribution in [0.3, 0.4) is 0 Å². The van der Waals surface area contributed by atoms with E-state index in [0.717, 1.165) is 35.1 Å². The van der Waals surface area contributed by atoms with Crippen molar-refractivity contribution in [2.75, 3.05) is 31.6 Å². The standard InChI is InChI=1S/C17H21ClN4O2/c1-21(17(23)24)12-5-8-22(10-12)16-11(4-6-19)9-14(18)13-3-2-7-20-15(13)16/h2-3,7,9,12H,4-6,8,10,19H2,1H3,(H,23,24). The van der Waals surface area contributed by atoms with Crippen LogP contribution in [0, 0.1) is 0 Å². The summed E-state index contributed by atoms with van der Waals surface area (Å²) in [6.45, 7) is 1.95. The number of nitrogens with zero attached hydrogens (tertiary/aromatic N) is 3. The summed E-state index contributed by atoms with van der Waals surface area (Å²) < 4.78 is 0. The lowest BCUT2D eigenvalue weighted by atomic mass is 10.0. The molecule has 1 unspecified atom stereocenters. The molecule has 24 heavy (non-hydrogen) atoms. The van der Waals surface area contributed by atoms with Crippen molar-refractivity contribution in [1.82, 2.24) is 9.88 Å². The summed E-state index contributed by atoms with van der Waals surface area (Å²) in [5.41, 5.74) is 8.72. The van der Waals surface area contributed by atoms with Gasteiger partial charge in [0.15, 0.2) is 0 Å². The van der Waals surface area contributed by atoms with Gasteiger partial charge in [0.25, 0.3) is 0 Å². The van der Waals surface area contributed by atoms with Crippen molar-refractivity contribution in [3.05, 3.63) is 35.0 Å². The van der Waals surface area contributed by atoms with Gasteiger partial charge in [-0.3, -0.25) is 4.98 Å². The highest BCUT2D eigenvalue weighted by atomic mass is 35.5. The molecule has 0 radical (unpaired) electrons. The molecule has 3 rings (SSSR count). The number of fused-ring (bicyclic) bond motifs is 1. The van der Waals surface area contributed by atoms with E-state index in [-0.39, 0.29) is 6.04 Å². The minimum Gasteiger partial charge on any atom is -0.465 e. The maximum absolute atomic E-state index is 11.2. The zero-order valence-electron chi connectivity index (χ0n) is 13.6. The zero-order valence-corrected chi connectivity index (χ0v) is 14.3. The molecule has 1 atom stereocenters. The average Bonchev–Trinajstić information content (AvgIpc) is 3.04. The molecule has 0 saturated carbocycles. The molecule has 0 spiro atoms. The Morgan fingerprint density at radius 1 is 1.58 bits per heavy atom. The molecule has 1 aromatic heterocycles. The van der Waals surface area contributed by atoms with Crippen LogP contribution >= 0.6 is 11.6 Å². The molecule has 6 nitrogen and oxygen atoms in total. The van der Waals surface area contributed by atoms with Gasteiger partial charge in [-0.15, -0.1) is 0 Å². The molecule has 3 N–H and O–H groups in total. The van der Waals surface area contributed by atoms with Crippen LogP contribution in [0.25, 0.3) is 10.9 Å². The Balaban J connectivity index is 2.03. The minimum atomic E-state index is -0.900. The maximum atomic E-state index is 11.2. The number of nitrogens with two attached hydrogens (primary N) is 1. The summed E-state index contributed by atoms with van der Waals surface area (Å²) in [4.78, 5) is 19.3. The number of halogens is 1. The van der Waals surface area contributed by atoms with Crippen molar-refractivity contribution in [1.29, 1.82) is 0 Å². The summed E-state index contributed by atoms with van der Waals surface area (Å²) in [5, 5.41) is 10.8. The molecular weight excluding hydrogens is 328 g/mol. The van der Waals surface area contributed by atoms with E-state index in [1.807, 2.05) is 18.2 Å². The lowest BCUT2D eigenvalue weighted by Crippen LogP contribution is -2.38. The minimum absolute atomic E-state index is 0.0253. The van der Waals surface area contributed by atoms with Gasteiger partial charge in [-0.25, -0.2) is 4.79 Å². The van der Waals surface area contributed by atoms with Gasteiger partial charge in [-0.2, -0.15) is 0 Å². The van der Waals surface area contributed by atoms with Crippen LogP contribution in [-0.4, -0.2) is 53.8 Å². The van der Waals surface area contributed by atoms with Crippen LogP contribution in [0.5, 0.6) is 0 Å². The number of carbonyl (C=O) groups is 1. The third-order valence-electron chi connectivity index (χ3n) is 4.64. The number of pyridine rings is 1. The summed E-state index contributed by atoms with van der Waals surface area (Å²) in [7, 11) is 1.62. The van der Waals surface area contributed by atoms with E-state index in [9.17, 15) is 9.90 Å². The number of likely N-dealkylation sites (N-methyl/N-ethyl adjacent to an activating group) is 1. The lowest BCUT2D eigenvalue weighted by molar-refractivity contribution is 0.142. The molecular formula is C17H21ClN4O2. The fourth-order valence-electron chi connectivity index (χ4n) is 3.35. The number of benzene rings is 1. The molecule has 1 aliphatic heterocycles. The van der Waals surface area contributed by atoms with Gasteiger partial charge < -0.3 is 20.6 Å². The predicted molar refractivity (Wildman–Crippen MR) is 95.9 cm³/mol. The number of amides is 1. The van der Waals surface area contributed by atoms with E-state index >= 15 is 0 Å². The quantitative estimate of drug-likeness (QED) is 0.887. The Hall–Kier alpha value is -2.05. The highest BCUT2D eigenvalue weighted by molar-refractivity contribution is 6.36. The van der Waals surface area contributed by atoms with E-state index in [1.165, 1.54) is 4.90 Å². The normalized spacial score (nSPS) is 17.5. The fourth-order valence-corrected chi connectivity index (χ4v) is 3.64. The van der Waals surface area contributed by atoms with E-state index in [0.29, 0.717) is 24.5 Å². The summed E-state index contributed by atoms with van der Waals surface area (Å²) in [6, 6.07) is 5.76. The molecule has 1 aromatic carbocycles. The van der Waals surface area contributed by atoms with E-state index < -0.39 is 6.09 Å². The van der Waals surface area contributed by atoms with Crippen molar-refractivity contribution in [2.45, 2.75) is 18.9 Å². The van der Waals surface area contributed by atoms with E-state index in [2.05, 4.69) is 9.88 Å². The van der Waals surface area contributed by atoms with Crippen molar-refractivity contribution >= 4 is 34.3 Å². The molecule has 0 aliphatic carbocycles. The number of carboxylic acid groups (broad SMARTS) is 1. The molecule has 7 heteroatoms. The first kappa shape index (κ1) is 16.8. The number of rotatable bonds is 4. The van der Waals surface area contributed by atoms with Crippen molar-refractivity contribution in [3.63, 3.8) is 0 Å². The average molecular weight is 349 g/mol. The highest BCUT2D eigenvalue weighted by Gasteiger charge is 2.30. The molecule has 0 bridgehead atoms. The molecule has 2 aromatic rings. The fraction of sp³-hybridized carbons (Fsp3) is 0.412. The third kappa shape index (κ3) is 2.99. The Bertz CT molecular complexity index is 768. The first-order valence-electron chi connectivity index (χ1n) is 7.99. The van der Waals surface area contributed by atoms with E-state index in [1.54, 1.807) is 13.2 Å². The molecule has 128 valence electrons. The van der Waals surface area contributed by atoms with Crippen LogP contribution in [0.15, 0.2) is 24.4 Å². The van der Waals surface area contributed by atoms with Crippen LogP contribution in [0.4, 0.5) is 10.5 Å². The highest BCUT2D eigenvalue weighted by Crippen LogP contribution is 2.36. The van der Waals surface area contributed by atoms with Crippen molar-refractivity contribution in [3.8, 4) is 0 Å². The zero-order chi connectivity index (χ0) is 17.3. The molecule has 1 saturated heterocycles. The Morgan fingerprint density at radius 2 is 2.38 bits per heavy atom. The Morgan fingerprint density at radius 3 is 3.08 bits per heavy atom. The summed E-state index contributed by atoms with van der Waals surface area (Å²) >= 11 is 6.41. The second-order valence-corrected chi connectivity index (χ2v) is 6.49. The number of anilines is 1. The maximum Gasteiger partial charge on any atom is 0.407 e. The lowest BCUT2D eigenvalue weighted by Gasteiger charge is -2.26. The Labute approximate surface area is 145 Å². The monoisotopic (exact) mass is 348 g/mol. The summed E-state index contributed by atoms with van der Waals surface area (Å²) in [5.74, 6) is 0. The molecule has 1 fully saturated rings. The smallest absolute Gasteiger partial charge is 0.407 e. The van der Waals surface area contributed by atoms with Crippen LogP contribution in [0.1, 0.15) is 12.0 Å². The van der Waals surface area contributed by atoms with Crippen molar-refractivity contribution < 1.29 is 9.90 Å². The van der Waals surface area contributed by atoms with Gasteiger partial charge >= 0.3 is 6.09 Å². The number of hydrogen-bond donors (Lipinski definition) is 2. The SMILES string of the molecule is CN(C(=O)O)C1CCN(c2c(CCN)cc(Cl)c3cccnc23)C1. The topological polar surface area (TPSA) is 82.7 Å². The second-order valence-electron chi connectivity index (χ2n) is 6.09. The molecule has 1 aliphatic rings. The van der Waals surface area contributed by atoms with Gasteiger partial charge in [0, 0.05) is 31.7 Å². The van der Waals surface area contributed by atoms with E-state index in [4.69, 9.17) is 17.3 Å². The summed E-state index contributed by atoms with van der Waals surface area (Å²) in [6.07, 6.45) is 2.35. The van der Waals surface area contributed by atoms with Gasteiger partial charge in [-0.1, -0.05) is 11.6 Å². The predicted octanol–water partition coefficient (Wildman–Crippen LogP) is 2.58. The van der Waals surface area contributed by atoms with Gasteiger partial charge in [0.2, 0.25) is 0 Å². The van der Waals surface area contributed by atoms with Gasteiger partial charge in [0.1, 0.15) is 0 Å². The van der Waals surface area contributed by atoms with Crippen LogP contribution in [0.2, 0.25) is 5.02 Å².